The molecular weight excluding hydrogens is 336 g/mol. The topological polar surface area (TPSA) is 46.9 Å². The van der Waals surface area contributed by atoms with E-state index in [1.54, 1.807) is 10.7 Å². The minimum absolute atomic E-state index is 0.0383. The van der Waals surface area contributed by atoms with Crippen LogP contribution < -0.4 is 5.32 Å². The van der Waals surface area contributed by atoms with Crippen molar-refractivity contribution in [3.8, 4) is 0 Å². The Kier molecular flexibility index (Phi) is 4.57. The number of anilines is 1. The highest BCUT2D eigenvalue weighted by atomic mass is 35.5. The highest BCUT2D eigenvalue weighted by Gasteiger charge is 2.11. The molecule has 122 valence electrons. The average molecular weight is 348 g/mol. The lowest BCUT2D eigenvalue weighted by Crippen LogP contribution is -2.11. The number of carbonyl (C=O) groups excluding carboxylic acids is 1. The van der Waals surface area contributed by atoms with Gasteiger partial charge in [0.1, 0.15) is 11.6 Å². The van der Waals surface area contributed by atoms with Crippen molar-refractivity contribution in [1.82, 2.24) is 9.78 Å². The fourth-order valence-corrected chi connectivity index (χ4v) is 2.39. The van der Waals surface area contributed by atoms with Crippen LogP contribution in [-0.4, -0.2) is 15.7 Å². The number of carbonyl (C=O) groups is 1. The average Bonchev–Trinajstić information content (AvgIpc) is 2.97. The van der Waals surface area contributed by atoms with Crippen LogP contribution in [0.2, 0.25) is 5.02 Å². The quantitative estimate of drug-likeness (QED) is 0.772. The summed E-state index contributed by atoms with van der Waals surface area (Å²) in [6.45, 7) is 0.404. The van der Waals surface area contributed by atoms with Crippen molar-refractivity contribution in [1.29, 1.82) is 0 Å². The highest BCUT2D eigenvalue weighted by Crippen LogP contribution is 2.17. The molecule has 0 saturated heterocycles. The van der Waals surface area contributed by atoms with E-state index >= 15 is 0 Å². The Labute approximate surface area is 141 Å². The van der Waals surface area contributed by atoms with Crippen LogP contribution in [0.3, 0.4) is 0 Å². The summed E-state index contributed by atoms with van der Waals surface area (Å²) in [7, 11) is 0. The van der Waals surface area contributed by atoms with Gasteiger partial charge < -0.3 is 5.32 Å². The molecular formula is C17H12ClF2N3O. The third kappa shape index (κ3) is 3.78. The summed E-state index contributed by atoms with van der Waals surface area (Å²) in [5.41, 5.74) is 1.17. The summed E-state index contributed by atoms with van der Waals surface area (Å²) in [5, 5.41) is 7.14. The van der Waals surface area contributed by atoms with E-state index in [2.05, 4.69) is 10.4 Å². The van der Waals surface area contributed by atoms with E-state index in [9.17, 15) is 13.6 Å². The van der Waals surface area contributed by atoms with Crippen LogP contribution in [0.4, 0.5) is 14.5 Å². The number of nitrogens with zero attached hydrogens (tertiary/aromatic N) is 2. The van der Waals surface area contributed by atoms with Gasteiger partial charge in [-0.3, -0.25) is 9.48 Å². The van der Waals surface area contributed by atoms with Crippen molar-refractivity contribution in [3.63, 3.8) is 0 Å². The van der Waals surface area contributed by atoms with Gasteiger partial charge in [-0.1, -0.05) is 29.8 Å². The second-order valence-electron chi connectivity index (χ2n) is 5.13. The summed E-state index contributed by atoms with van der Waals surface area (Å²) < 4.78 is 27.8. The molecule has 0 saturated carbocycles. The molecule has 3 rings (SSSR count). The van der Waals surface area contributed by atoms with Gasteiger partial charge in [0.2, 0.25) is 0 Å². The van der Waals surface area contributed by atoms with Crippen LogP contribution in [0.5, 0.6) is 0 Å². The number of hydrogen-bond donors (Lipinski definition) is 1. The van der Waals surface area contributed by atoms with Crippen molar-refractivity contribution < 1.29 is 13.6 Å². The van der Waals surface area contributed by atoms with Gasteiger partial charge in [-0.25, -0.2) is 8.78 Å². The molecule has 0 atom stereocenters. The predicted molar refractivity (Wildman–Crippen MR) is 87.1 cm³/mol. The number of hydrogen-bond acceptors (Lipinski definition) is 2. The van der Waals surface area contributed by atoms with Gasteiger partial charge >= 0.3 is 0 Å². The molecule has 0 spiro atoms. The van der Waals surface area contributed by atoms with Gasteiger partial charge in [0, 0.05) is 23.0 Å². The van der Waals surface area contributed by atoms with Gasteiger partial charge in [-0.2, -0.15) is 5.10 Å². The number of nitrogens with one attached hydrogen (secondary N) is 1. The van der Waals surface area contributed by atoms with E-state index in [1.807, 2.05) is 18.2 Å². The molecule has 24 heavy (non-hydrogen) atoms. The zero-order chi connectivity index (χ0) is 17.1. The lowest BCUT2D eigenvalue weighted by atomic mass is 10.2. The van der Waals surface area contributed by atoms with Crippen molar-refractivity contribution in [2.24, 2.45) is 0 Å². The minimum atomic E-state index is -0.764. The van der Waals surface area contributed by atoms with Crippen LogP contribution in [0, 0.1) is 11.6 Å². The molecule has 0 fully saturated rings. The summed E-state index contributed by atoms with van der Waals surface area (Å²) in [4.78, 5) is 12.1. The van der Waals surface area contributed by atoms with Crippen LogP contribution in [0.15, 0.2) is 54.9 Å². The molecule has 0 unspecified atom stereocenters. The smallest absolute Gasteiger partial charge is 0.258 e. The molecule has 0 aliphatic rings. The Bertz CT molecular complexity index is 875. The molecule has 1 aromatic heterocycles. The van der Waals surface area contributed by atoms with Gasteiger partial charge in [0.15, 0.2) is 0 Å². The monoisotopic (exact) mass is 347 g/mol. The maximum absolute atomic E-state index is 13.1. The Balaban J connectivity index is 1.73. The standard InChI is InChI=1S/C17H12ClF2N3O/c18-16-4-2-1-3-11(16)9-23-10-12(8-21-23)17(24)22-15-6-13(19)5-14(20)7-15/h1-8,10H,9H2,(H,22,24). The summed E-state index contributed by atoms with van der Waals surface area (Å²) >= 11 is 6.09. The minimum Gasteiger partial charge on any atom is -0.322 e. The van der Waals surface area contributed by atoms with Crippen LogP contribution in [-0.2, 0) is 6.54 Å². The highest BCUT2D eigenvalue weighted by molar-refractivity contribution is 6.31. The van der Waals surface area contributed by atoms with Crippen LogP contribution in [0.1, 0.15) is 15.9 Å². The van der Waals surface area contributed by atoms with Crippen molar-refractivity contribution >= 4 is 23.2 Å². The summed E-state index contributed by atoms with van der Waals surface area (Å²) in [6.07, 6.45) is 2.91. The van der Waals surface area contributed by atoms with Gasteiger partial charge in [0.05, 0.1) is 18.3 Å². The first-order chi connectivity index (χ1) is 11.5. The summed E-state index contributed by atoms with van der Waals surface area (Å²) in [6, 6.07) is 10.1. The molecule has 1 heterocycles. The molecule has 4 nitrogen and oxygen atoms in total. The van der Waals surface area contributed by atoms with E-state index < -0.39 is 17.5 Å². The number of amides is 1. The maximum Gasteiger partial charge on any atom is 0.258 e. The van der Waals surface area contributed by atoms with Gasteiger partial charge in [0.25, 0.3) is 5.91 Å². The zero-order valence-electron chi connectivity index (χ0n) is 12.3. The molecule has 0 aliphatic heterocycles. The van der Waals surface area contributed by atoms with Crippen molar-refractivity contribution in [2.45, 2.75) is 6.54 Å². The van der Waals surface area contributed by atoms with E-state index in [0.29, 0.717) is 11.6 Å². The Morgan fingerprint density at radius 1 is 1.17 bits per heavy atom. The fourth-order valence-electron chi connectivity index (χ4n) is 2.20. The number of rotatable bonds is 4. The molecule has 0 radical (unpaired) electrons. The second kappa shape index (κ2) is 6.80. The zero-order valence-corrected chi connectivity index (χ0v) is 13.1. The normalized spacial score (nSPS) is 10.6. The van der Waals surface area contributed by atoms with Crippen molar-refractivity contribution in [3.05, 3.63) is 82.6 Å². The number of halogens is 3. The maximum atomic E-state index is 13.1. The molecule has 7 heteroatoms. The van der Waals surface area contributed by atoms with E-state index in [1.165, 1.54) is 12.4 Å². The molecule has 0 aliphatic carbocycles. The van der Waals surface area contributed by atoms with E-state index in [0.717, 1.165) is 23.8 Å². The number of benzene rings is 2. The predicted octanol–water partition coefficient (Wildman–Crippen LogP) is 4.12. The SMILES string of the molecule is O=C(Nc1cc(F)cc(F)c1)c1cnn(Cc2ccccc2Cl)c1. The molecule has 1 N–H and O–H groups in total. The van der Waals surface area contributed by atoms with E-state index in [-0.39, 0.29) is 11.3 Å². The Morgan fingerprint density at radius 3 is 2.58 bits per heavy atom. The largest absolute Gasteiger partial charge is 0.322 e. The fraction of sp³-hybridized carbons (Fsp3) is 0.0588. The third-order valence-corrected chi connectivity index (χ3v) is 3.67. The molecule has 1 amide bonds. The Morgan fingerprint density at radius 2 is 1.88 bits per heavy atom. The lowest BCUT2D eigenvalue weighted by molar-refractivity contribution is 0.102. The van der Waals surface area contributed by atoms with Crippen molar-refractivity contribution in [2.75, 3.05) is 5.32 Å². The van der Waals surface area contributed by atoms with Crippen LogP contribution in [0.25, 0.3) is 0 Å². The number of aromatic nitrogens is 2. The van der Waals surface area contributed by atoms with Crippen LogP contribution >= 0.6 is 11.6 Å². The summed E-state index contributed by atoms with van der Waals surface area (Å²) in [5.74, 6) is -2.04. The van der Waals surface area contributed by atoms with Gasteiger partial charge in [-0.15, -0.1) is 0 Å². The lowest BCUT2D eigenvalue weighted by Gasteiger charge is -2.05. The van der Waals surface area contributed by atoms with Gasteiger partial charge in [-0.05, 0) is 23.8 Å². The first kappa shape index (κ1) is 16.1. The first-order valence-electron chi connectivity index (χ1n) is 7.04. The van der Waals surface area contributed by atoms with E-state index in [4.69, 9.17) is 11.6 Å². The molecule has 3 aromatic rings. The third-order valence-electron chi connectivity index (χ3n) is 3.31. The Hall–Kier alpha value is -2.73. The molecule has 0 bridgehead atoms. The first-order valence-corrected chi connectivity index (χ1v) is 7.42. The molecule has 2 aromatic carbocycles. The second-order valence-corrected chi connectivity index (χ2v) is 5.54.